The Labute approximate surface area is 248 Å². The number of benzene rings is 2. The van der Waals surface area contributed by atoms with E-state index < -0.39 is 23.3 Å². The highest BCUT2D eigenvalue weighted by atomic mass is 32.1. The fourth-order valence-corrected chi connectivity index (χ4v) is 5.64. The second kappa shape index (κ2) is 12.7. The van der Waals surface area contributed by atoms with Crippen molar-refractivity contribution in [1.82, 2.24) is 4.90 Å². The summed E-state index contributed by atoms with van der Waals surface area (Å²) in [5.41, 5.74) is 0.289. The Balaban J connectivity index is 1.41. The highest BCUT2D eigenvalue weighted by molar-refractivity contribution is 7.20. The predicted molar refractivity (Wildman–Crippen MR) is 156 cm³/mol. The van der Waals surface area contributed by atoms with Gasteiger partial charge in [0.15, 0.2) is 40.4 Å². The van der Waals surface area contributed by atoms with Crippen molar-refractivity contribution in [3.63, 3.8) is 0 Å². The zero-order valence-electron chi connectivity index (χ0n) is 25.0. The minimum Gasteiger partial charge on any atom is -0.493 e. The summed E-state index contributed by atoms with van der Waals surface area (Å²) in [6.45, 7) is 9.58. The van der Waals surface area contributed by atoms with Crippen LogP contribution in [-0.2, 0) is 17.8 Å². The molecule has 2 heterocycles. The number of hydrogen-bond donors (Lipinski definition) is 0. The van der Waals surface area contributed by atoms with E-state index in [4.69, 9.17) is 23.7 Å². The largest absolute Gasteiger partial charge is 0.493 e. The van der Waals surface area contributed by atoms with Crippen molar-refractivity contribution in [2.24, 2.45) is 5.92 Å². The van der Waals surface area contributed by atoms with Crippen LogP contribution < -0.4 is 18.9 Å². The first-order valence-electron chi connectivity index (χ1n) is 13.8. The SMILES string of the molecule is COc1cc2c(c(F)c1OCCCOc1c(OC)cc3sc(C(=O)CC(C)C)cc3c1F)CN(C(=O)OC(C)(C)C)C2. The molecule has 2 aromatic carbocycles. The summed E-state index contributed by atoms with van der Waals surface area (Å²) >= 11 is 1.23. The van der Waals surface area contributed by atoms with Crippen LogP contribution in [0, 0.1) is 17.6 Å². The Hall–Kier alpha value is -3.60. The standard InChI is InChI=1S/C31H37F2NO7S/c1-17(2)11-21(35)25-13-19-24(42-25)14-23(38-7)29(26(19)32)40-10-8-9-39-28-22(37-6)12-18-15-34(16-20(18)27(28)33)30(36)41-31(3,4)5/h12-14,17H,8-11,15-16H2,1-7H3. The van der Waals surface area contributed by atoms with Crippen LogP contribution in [0.15, 0.2) is 18.2 Å². The Morgan fingerprint density at radius 1 is 0.952 bits per heavy atom. The lowest BCUT2D eigenvalue weighted by molar-refractivity contribution is 0.0241. The number of fused-ring (bicyclic) bond motifs is 2. The van der Waals surface area contributed by atoms with E-state index in [9.17, 15) is 9.59 Å². The summed E-state index contributed by atoms with van der Waals surface area (Å²) in [6.07, 6.45) is 0.150. The number of rotatable bonds is 11. The number of ketones is 1. The fourth-order valence-electron chi connectivity index (χ4n) is 4.60. The number of carbonyl (C=O) groups is 2. The minimum atomic E-state index is -0.670. The van der Waals surface area contributed by atoms with Crippen molar-refractivity contribution in [3.05, 3.63) is 45.8 Å². The summed E-state index contributed by atoms with van der Waals surface area (Å²) in [4.78, 5) is 26.9. The molecule has 11 heteroatoms. The first kappa shape index (κ1) is 31.3. The monoisotopic (exact) mass is 605 g/mol. The molecule has 0 spiro atoms. The summed E-state index contributed by atoms with van der Waals surface area (Å²) in [6, 6.07) is 4.87. The maximum atomic E-state index is 15.5. The zero-order valence-corrected chi connectivity index (χ0v) is 25.8. The molecule has 0 unspecified atom stereocenters. The summed E-state index contributed by atoms with van der Waals surface area (Å²) in [5, 5.41) is 0.296. The van der Waals surface area contributed by atoms with Gasteiger partial charge in [-0.25, -0.2) is 13.6 Å². The molecule has 42 heavy (non-hydrogen) atoms. The van der Waals surface area contributed by atoms with Gasteiger partial charge in [0.2, 0.25) is 0 Å². The van der Waals surface area contributed by atoms with Crippen molar-refractivity contribution in [3.8, 4) is 23.0 Å². The molecule has 8 nitrogen and oxygen atoms in total. The van der Waals surface area contributed by atoms with Crippen LogP contribution in [0.1, 0.15) is 68.3 Å². The van der Waals surface area contributed by atoms with Crippen molar-refractivity contribution in [1.29, 1.82) is 0 Å². The van der Waals surface area contributed by atoms with E-state index in [0.717, 1.165) is 0 Å². The quantitative estimate of drug-likeness (QED) is 0.165. The fraction of sp³-hybridized carbons (Fsp3) is 0.484. The predicted octanol–water partition coefficient (Wildman–Crippen LogP) is 7.52. The molecule has 1 amide bonds. The molecule has 0 saturated carbocycles. The van der Waals surface area contributed by atoms with E-state index >= 15 is 8.78 Å². The highest BCUT2D eigenvalue weighted by Crippen LogP contribution is 2.41. The van der Waals surface area contributed by atoms with E-state index in [2.05, 4.69) is 0 Å². The van der Waals surface area contributed by atoms with Gasteiger partial charge in [-0.1, -0.05) is 13.8 Å². The van der Waals surface area contributed by atoms with E-state index in [1.165, 1.54) is 30.5 Å². The number of carbonyl (C=O) groups excluding carboxylic acids is 2. The van der Waals surface area contributed by atoms with Gasteiger partial charge in [0.1, 0.15) is 5.60 Å². The second-order valence-corrected chi connectivity index (χ2v) is 12.6. The Bertz CT molecular complexity index is 1480. The van der Waals surface area contributed by atoms with Gasteiger partial charge >= 0.3 is 6.09 Å². The molecule has 0 saturated heterocycles. The number of thiophene rings is 1. The third-order valence-electron chi connectivity index (χ3n) is 6.52. The van der Waals surface area contributed by atoms with Gasteiger partial charge in [0, 0.05) is 41.1 Å². The maximum Gasteiger partial charge on any atom is 0.410 e. The first-order valence-corrected chi connectivity index (χ1v) is 14.6. The smallest absolute Gasteiger partial charge is 0.410 e. The van der Waals surface area contributed by atoms with Crippen LogP contribution >= 0.6 is 11.3 Å². The van der Waals surface area contributed by atoms with Gasteiger partial charge in [0.05, 0.1) is 38.9 Å². The number of nitrogens with zero attached hydrogens (tertiary/aromatic N) is 1. The molecule has 0 atom stereocenters. The van der Waals surface area contributed by atoms with Gasteiger partial charge in [-0.05, 0) is 44.4 Å². The molecular formula is C31H37F2NO7S. The van der Waals surface area contributed by atoms with Crippen LogP contribution in [0.3, 0.4) is 0 Å². The van der Waals surface area contributed by atoms with Crippen LogP contribution in [0.4, 0.5) is 13.6 Å². The normalized spacial score (nSPS) is 13.0. The van der Waals surface area contributed by atoms with Crippen LogP contribution in [0.5, 0.6) is 23.0 Å². The van der Waals surface area contributed by atoms with Gasteiger partial charge in [-0.3, -0.25) is 9.69 Å². The van der Waals surface area contributed by atoms with Crippen LogP contribution in [-0.4, -0.2) is 49.8 Å². The Kier molecular flexibility index (Phi) is 9.50. The molecule has 0 N–H and O–H groups in total. The first-order chi connectivity index (χ1) is 19.8. The van der Waals surface area contributed by atoms with E-state index in [1.54, 1.807) is 39.0 Å². The van der Waals surface area contributed by atoms with Gasteiger partial charge in [-0.15, -0.1) is 11.3 Å². The molecule has 228 valence electrons. The number of Topliss-reactive ketones (excluding diaryl/α,β-unsaturated/α-hetero) is 1. The third-order valence-corrected chi connectivity index (χ3v) is 7.64. The molecule has 1 aliphatic heterocycles. The number of ether oxygens (including phenoxy) is 5. The molecule has 0 aliphatic carbocycles. The maximum absolute atomic E-state index is 15.5. The molecule has 4 rings (SSSR count). The number of amides is 1. The average molecular weight is 606 g/mol. The molecular weight excluding hydrogens is 568 g/mol. The summed E-state index contributed by atoms with van der Waals surface area (Å²) < 4.78 is 59.1. The molecule has 1 aliphatic rings. The van der Waals surface area contributed by atoms with Gasteiger partial charge < -0.3 is 23.7 Å². The van der Waals surface area contributed by atoms with Crippen LogP contribution in [0.2, 0.25) is 0 Å². The zero-order chi connectivity index (χ0) is 30.8. The van der Waals surface area contributed by atoms with Crippen molar-refractivity contribution < 1.29 is 42.1 Å². The lowest BCUT2D eigenvalue weighted by Gasteiger charge is -2.24. The number of methoxy groups -OCH3 is 2. The lowest BCUT2D eigenvalue weighted by atomic mass is 10.1. The second-order valence-electron chi connectivity index (χ2n) is 11.5. The van der Waals surface area contributed by atoms with Crippen molar-refractivity contribution in [2.75, 3.05) is 27.4 Å². The van der Waals surface area contributed by atoms with E-state index in [1.807, 2.05) is 13.8 Å². The molecule has 0 fully saturated rings. The van der Waals surface area contributed by atoms with Gasteiger partial charge in [0.25, 0.3) is 0 Å². The highest BCUT2D eigenvalue weighted by Gasteiger charge is 2.32. The Morgan fingerprint density at radius 2 is 1.57 bits per heavy atom. The average Bonchev–Trinajstić information content (AvgIpc) is 3.54. The summed E-state index contributed by atoms with van der Waals surface area (Å²) in [7, 11) is 2.83. The number of halogens is 2. The minimum absolute atomic E-state index is 0.0315. The number of hydrogen-bond acceptors (Lipinski definition) is 8. The molecule has 3 aromatic rings. The van der Waals surface area contributed by atoms with Crippen LogP contribution in [0.25, 0.3) is 10.1 Å². The molecule has 0 bridgehead atoms. The molecule has 1 aromatic heterocycles. The van der Waals surface area contributed by atoms with E-state index in [-0.39, 0.29) is 61.0 Å². The third kappa shape index (κ3) is 6.88. The van der Waals surface area contributed by atoms with Crippen molar-refractivity contribution in [2.45, 2.75) is 66.2 Å². The lowest BCUT2D eigenvalue weighted by Crippen LogP contribution is -2.33. The molecule has 0 radical (unpaired) electrons. The van der Waals surface area contributed by atoms with E-state index in [0.29, 0.717) is 38.9 Å². The summed E-state index contributed by atoms with van der Waals surface area (Å²) in [5.74, 6) is -0.751. The van der Waals surface area contributed by atoms with Gasteiger partial charge in [-0.2, -0.15) is 0 Å². The Morgan fingerprint density at radius 3 is 2.17 bits per heavy atom. The topological polar surface area (TPSA) is 83.5 Å². The van der Waals surface area contributed by atoms with Crippen molar-refractivity contribution >= 4 is 33.3 Å².